The van der Waals surface area contributed by atoms with Gasteiger partial charge in [-0.1, -0.05) is 30.1 Å². The fourth-order valence-electron chi connectivity index (χ4n) is 3.82. The molecule has 162 valence electrons. The Labute approximate surface area is 183 Å². The zero-order chi connectivity index (χ0) is 21.2. The number of rotatable bonds is 5. The lowest BCUT2D eigenvalue weighted by atomic mass is 10.2. The molecule has 0 aromatic heterocycles. The maximum Gasteiger partial charge on any atom is 0.243 e. The van der Waals surface area contributed by atoms with Gasteiger partial charge in [-0.2, -0.15) is 4.31 Å². The van der Waals surface area contributed by atoms with E-state index in [1.807, 2.05) is 11.8 Å². The van der Waals surface area contributed by atoms with Crippen molar-refractivity contribution in [1.82, 2.24) is 19.0 Å². The third kappa shape index (κ3) is 5.06. The zero-order valence-electron chi connectivity index (χ0n) is 16.9. The van der Waals surface area contributed by atoms with Crippen LogP contribution < -0.4 is 0 Å². The summed E-state index contributed by atoms with van der Waals surface area (Å²) in [5.41, 5.74) is 0. The summed E-state index contributed by atoms with van der Waals surface area (Å²) in [6.45, 7) is 10.1. The van der Waals surface area contributed by atoms with Gasteiger partial charge in [0, 0.05) is 52.4 Å². The molecule has 2 saturated heterocycles. The first kappa shape index (κ1) is 22.8. The summed E-state index contributed by atoms with van der Waals surface area (Å²) in [5.74, 6) is 0.126. The second kappa shape index (κ2) is 9.49. The molecule has 0 spiro atoms. The molecular weight excluding hydrogens is 435 g/mol. The summed E-state index contributed by atoms with van der Waals surface area (Å²) in [4.78, 5) is 19.3. The second-order valence-electron chi connectivity index (χ2n) is 7.45. The highest BCUT2D eigenvalue weighted by Gasteiger charge is 2.34. The highest BCUT2D eigenvalue weighted by Crippen LogP contribution is 2.27. The number of hydrogen-bond acceptors (Lipinski definition) is 5. The van der Waals surface area contributed by atoms with Crippen molar-refractivity contribution in [1.29, 1.82) is 0 Å². The predicted octanol–water partition coefficient (Wildman–Crippen LogP) is 1.85. The molecule has 0 radical (unpaired) electrons. The van der Waals surface area contributed by atoms with E-state index in [0.717, 1.165) is 32.7 Å². The second-order valence-corrected chi connectivity index (χ2v) is 10.2. The molecule has 7 nitrogen and oxygen atoms in total. The molecule has 2 aliphatic rings. The minimum Gasteiger partial charge on any atom is -0.339 e. The Hall–Kier alpha value is -0.900. The van der Waals surface area contributed by atoms with E-state index in [-0.39, 0.29) is 21.9 Å². The minimum absolute atomic E-state index is 0.126. The number of carbonyl (C=O) groups excluding carboxylic acids is 1. The maximum atomic E-state index is 12.9. The Bertz CT molecular complexity index is 836. The van der Waals surface area contributed by atoms with Crippen LogP contribution in [0.3, 0.4) is 0 Å². The van der Waals surface area contributed by atoms with E-state index in [1.165, 1.54) is 22.5 Å². The van der Waals surface area contributed by atoms with Gasteiger partial charge in [0.05, 0.1) is 21.0 Å². The van der Waals surface area contributed by atoms with E-state index >= 15 is 0 Å². The molecule has 1 aromatic rings. The molecule has 2 aliphatic heterocycles. The summed E-state index contributed by atoms with van der Waals surface area (Å²) in [6.07, 6.45) is 0. The summed E-state index contributed by atoms with van der Waals surface area (Å²) >= 11 is 11.9. The first-order valence-corrected chi connectivity index (χ1v) is 12.1. The van der Waals surface area contributed by atoms with Crippen LogP contribution in [0.25, 0.3) is 0 Å². The quantitative estimate of drug-likeness (QED) is 0.667. The van der Waals surface area contributed by atoms with Gasteiger partial charge >= 0.3 is 0 Å². The number of halogens is 2. The van der Waals surface area contributed by atoms with Crippen LogP contribution in [0.4, 0.5) is 0 Å². The Morgan fingerprint density at radius 2 is 1.62 bits per heavy atom. The predicted molar refractivity (Wildman–Crippen MR) is 115 cm³/mol. The highest BCUT2D eigenvalue weighted by molar-refractivity contribution is 7.89. The smallest absolute Gasteiger partial charge is 0.243 e. The standard InChI is InChI=1S/C19H28Cl2N4O3S/c1-3-22-6-8-24(9-7-22)19(26)15(2)23-10-12-25(13-11-23)29(27,28)16-4-5-17(20)18(21)14-16/h4-5,14-15H,3,6-13H2,1-2H3. The van der Waals surface area contributed by atoms with Crippen LogP contribution in [0, 0.1) is 0 Å². The first-order valence-electron chi connectivity index (χ1n) is 9.94. The molecule has 3 rings (SSSR count). The third-order valence-corrected chi connectivity index (χ3v) is 8.47. The average molecular weight is 463 g/mol. The van der Waals surface area contributed by atoms with Gasteiger partial charge in [0.15, 0.2) is 0 Å². The van der Waals surface area contributed by atoms with Crippen molar-refractivity contribution >= 4 is 39.1 Å². The van der Waals surface area contributed by atoms with Crippen molar-refractivity contribution in [2.45, 2.75) is 24.8 Å². The van der Waals surface area contributed by atoms with Gasteiger partial charge in [-0.15, -0.1) is 0 Å². The number of benzene rings is 1. The summed E-state index contributed by atoms with van der Waals surface area (Å²) in [5, 5.41) is 0.538. The van der Waals surface area contributed by atoms with Gasteiger partial charge in [-0.25, -0.2) is 8.42 Å². The van der Waals surface area contributed by atoms with Crippen molar-refractivity contribution in [3.63, 3.8) is 0 Å². The Morgan fingerprint density at radius 1 is 1.00 bits per heavy atom. The van der Waals surface area contributed by atoms with Gasteiger partial charge in [0.25, 0.3) is 0 Å². The highest BCUT2D eigenvalue weighted by atomic mass is 35.5. The molecule has 2 fully saturated rings. The molecule has 10 heteroatoms. The Kier molecular flexibility index (Phi) is 7.46. The Balaban J connectivity index is 1.58. The number of carbonyl (C=O) groups is 1. The molecule has 1 atom stereocenters. The zero-order valence-corrected chi connectivity index (χ0v) is 19.2. The number of piperazine rings is 2. The van der Waals surface area contributed by atoms with Crippen LogP contribution >= 0.6 is 23.2 Å². The van der Waals surface area contributed by atoms with Crippen molar-refractivity contribution in [2.24, 2.45) is 0 Å². The van der Waals surface area contributed by atoms with Gasteiger partial charge in [0.1, 0.15) is 0 Å². The van der Waals surface area contributed by atoms with Crippen molar-refractivity contribution in [3.8, 4) is 0 Å². The fraction of sp³-hybridized carbons (Fsp3) is 0.632. The van der Waals surface area contributed by atoms with E-state index in [0.29, 0.717) is 31.2 Å². The first-order chi connectivity index (χ1) is 13.7. The van der Waals surface area contributed by atoms with E-state index in [9.17, 15) is 13.2 Å². The summed E-state index contributed by atoms with van der Waals surface area (Å²) in [7, 11) is -3.64. The van der Waals surface area contributed by atoms with E-state index < -0.39 is 10.0 Å². The number of sulfonamides is 1. The van der Waals surface area contributed by atoms with Gasteiger partial charge in [-0.05, 0) is 31.7 Å². The Morgan fingerprint density at radius 3 is 2.17 bits per heavy atom. The summed E-state index contributed by atoms with van der Waals surface area (Å²) < 4.78 is 27.2. The van der Waals surface area contributed by atoms with Crippen LogP contribution in [0.15, 0.2) is 23.1 Å². The lowest BCUT2D eigenvalue weighted by Gasteiger charge is -2.40. The molecule has 1 unspecified atom stereocenters. The molecular formula is C19H28Cl2N4O3S. The minimum atomic E-state index is -3.64. The van der Waals surface area contributed by atoms with Gasteiger partial charge in [0.2, 0.25) is 15.9 Å². The molecule has 29 heavy (non-hydrogen) atoms. The third-order valence-electron chi connectivity index (χ3n) is 5.84. The number of likely N-dealkylation sites (N-methyl/N-ethyl adjacent to an activating group) is 1. The monoisotopic (exact) mass is 462 g/mol. The molecule has 1 aromatic carbocycles. The van der Waals surface area contributed by atoms with Gasteiger partial charge in [-0.3, -0.25) is 9.69 Å². The topological polar surface area (TPSA) is 64.2 Å². The lowest BCUT2D eigenvalue weighted by Crippen LogP contribution is -2.57. The number of nitrogens with zero attached hydrogens (tertiary/aromatic N) is 4. The van der Waals surface area contributed by atoms with Crippen LogP contribution in [-0.2, 0) is 14.8 Å². The number of hydrogen-bond donors (Lipinski definition) is 0. The number of amides is 1. The van der Waals surface area contributed by atoms with Gasteiger partial charge < -0.3 is 9.80 Å². The molecule has 1 amide bonds. The SMILES string of the molecule is CCN1CCN(C(=O)C(C)N2CCN(S(=O)(=O)c3ccc(Cl)c(Cl)c3)CC2)CC1. The van der Waals surface area contributed by atoms with Crippen LogP contribution in [0.5, 0.6) is 0 Å². The normalized spacial score (nSPS) is 21.3. The van der Waals surface area contributed by atoms with Crippen molar-refractivity contribution < 1.29 is 13.2 Å². The molecule has 0 aliphatic carbocycles. The van der Waals surface area contributed by atoms with Crippen molar-refractivity contribution in [3.05, 3.63) is 28.2 Å². The van der Waals surface area contributed by atoms with Crippen molar-refractivity contribution in [2.75, 3.05) is 58.9 Å². The lowest BCUT2D eigenvalue weighted by molar-refractivity contribution is -0.138. The summed E-state index contributed by atoms with van der Waals surface area (Å²) in [6, 6.07) is 4.09. The van der Waals surface area contributed by atoms with Crippen LogP contribution in [0.1, 0.15) is 13.8 Å². The average Bonchev–Trinajstić information content (AvgIpc) is 2.74. The molecule has 2 heterocycles. The molecule has 0 saturated carbocycles. The largest absolute Gasteiger partial charge is 0.339 e. The van der Waals surface area contributed by atoms with Crippen LogP contribution in [0.2, 0.25) is 10.0 Å². The molecule has 0 N–H and O–H groups in total. The fourth-order valence-corrected chi connectivity index (χ4v) is 5.63. The van der Waals surface area contributed by atoms with Crippen LogP contribution in [-0.4, -0.2) is 98.3 Å². The van der Waals surface area contributed by atoms with E-state index in [4.69, 9.17) is 23.2 Å². The maximum absolute atomic E-state index is 12.9. The van der Waals surface area contributed by atoms with E-state index in [1.54, 1.807) is 0 Å². The van der Waals surface area contributed by atoms with E-state index in [2.05, 4.69) is 16.7 Å². The molecule has 0 bridgehead atoms.